The van der Waals surface area contributed by atoms with Crippen LogP contribution in [0.25, 0.3) is 0 Å². The molecule has 1 aliphatic heterocycles. The molecule has 3 aromatic carbocycles. The van der Waals surface area contributed by atoms with Crippen LogP contribution in [0, 0.1) is 0 Å². The van der Waals surface area contributed by atoms with Gasteiger partial charge in [-0.3, -0.25) is 4.79 Å². The van der Waals surface area contributed by atoms with Crippen molar-refractivity contribution in [3.8, 4) is 0 Å². The van der Waals surface area contributed by atoms with E-state index in [4.69, 9.17) is 23.2 Å². The highest BCUT2D eigenvalue weighted by atomic mass is 35.5. The Hall–Kier alpha value is -3.61. The summed E-state index contributed by atoms with van der Waals surface area (Å²) in [4.78, 5) is 21.6. The predicted molar refractivity (Wildman–Crippen MR) is 133 cm³/mol. The summed E-state index contributed by atoms with van der Waals surface area (Å²) in [7, 11) is 0. The van der Waals surface area contributed by atoms with Crippen LogP contribution in [0.2, 0.25) is 10.0 Å². The van der Waals surface area contributed by atoms with Gasteiger partial charge in [-0.15, -0.1) is 0 Å². The third kappa shape index (κ3) is 4.92. The molecule has 0 fully saturated rings. The fraction of sp³-hybridized carbons (Fsp3) is 0.0800. The fourth-order valence-corrected chi connectivity index (χ4v) is 4.02. The molecule has 0 atom stereocenters. The Bertz CT molecular complexity index is 1360. The van der Waals surface area contributed by atoms with Crippen molar-refractivity contribution in [3.63, 3.8) is 0 Å². The maximum Gasteiger partial charge on any atom is 0.255 e. The van der Waals surface area contributed by atoms with Crippen LogP contribution in [-0.4, -0.2) is 15.9 Å². The van der Waals surface area contributed by atoms with E-state index in [9.17, 15) is 4.79 Å². The number of amides is 1. The molecule has 33 heavy (non-hydrogen) atoms. The molecular formula is C25H19Cl2N5O. The Morgan fingerprint density at radius 1 is 0.909 bits per heavy atom. The van der Waals surface area contributed by atoms with Gasteiger partial charge in [-0.2, -0.15) is 4.98 Å². The van der Waals surface area contributed by atoms with E-state index < -0.39 is 0 Å². The highest BCUT2D eigenvalue weighted by Gasteiger charge is 2.13. The van der Waals surface area contributed by atoms with Crippen molar-refractivity contribution in [2.24, 2.45) is 0 Å². The number of nitrogens with zero attached hydrogens (tertiary/aromatic N) is 2. The standard InChI is InChI=1S/C25H19Cl2N5O/c26-18-5-2-4-17(12-18)24(33)31-22-10-9-20-13-16(22)8-7-15-3-1-6-19(11-15)30-25-28-14-21(27)23(29-20)32-25/h1-6,9-14H,7-8H2,(H,31,33)(H2,28,29,30,32). The summed E-state index contributed by atoms with van der Waals surface area (Å²) in [5.74, 6) is 0.724. The number of fused-ring (bicyclic) bond motifs is 6. The lowest BCUT2D eigenvalue weighted by Crippen LogP contribution is -2.13. The Kier molecular flexibility index (Phi) is 5.86. The topological polar surface area (TPSA) is 78.9 Å². The second kappa shape index (κ2) is 9.10. The van der Waals surface area contributed by atoms with Crippen LogP contribution in [-0.2, 0) is 12.8 Å². The maximum atomic E-state index is 12.8. The number of anilines is 5. The van der Waals surface area contributed by atoms with Crippen molar-refractivity contribution in [2.45, 2.75) is 12.8 Å². The average molecular weight is 476 g/mol. The van der Waals surface area contributed by atoms with Crippen LogP contribution in [0.4, 0.5) is 28.8 Å². The van der Waals surface area contributed by atoms with E-state index >= 15 is 0 Å². The van der Waals surface area contributed by atoms with Gasteiger partial charge in [0.05, 0.1) is 6.20 Å². The Morgan fingerprint density at radius 3 is 2.64 bits per heavy atom. The lowest BCUT2D eigenvalue weighted by molar-refractivity contribution is 0.102. The zero-order valence-electron chi connectivity index (χ0n) is 17.4. The molecule has 0 unspecified atom stereocenters. The maximum absolute atomic E-state index is 12.8. The molecule has 164 valence electrons. The number of hydrogen-bond acceptors (Lipinski definition) is 5. The third-order valence-electron chi connectivity index (χ3n) is 5.31. The molecular weight excluding hydrogens is 457 g/mol. The third-order valence-corrected chi connectivity index (χ3v) is 5.82. The van der Waals surface area contributed by atoms with Crippen LogP contribution in [0.3, 0.4) is 0 Å². The molecule has 5 rings (SSSR count). The van der Waals surface area contributed by atoms with Gasteiger partial charge in [-0.05, 0) is 72.5 Å². The average Bonchev–Trinajstić information content (AvgIpc) is 2.81. The van der Waals surface area contributed by atoms with E-state index in [1.165, 1.54) is 0 Å². The van der Waals surface area contributed by atoms with E-state index in [0.717, 1.165) is 41.0 Å². The van der Waals surface area contributed by atoms with Crippen LogP contribution in [0.15, 0.2) is 72.9 Å². The smallest absolute Gasteiger partial charge is 0.255 e. The number of aromatic nitrogens is 2. The number of carbonyl (C=O) groups excluding carboxylic acids is 1. The van der Waals surface area contributed by atoms with Gasteiger partial charge in [-0.1, -0.05) is 41.4 Å². The fourth-order valence-electron chi connectivity index (χ4n) is 3.69. The number of benzene rings is 3. The van der Waals surface area contributed by atoms with Crippen molar-refractivity contribution in [1.82, 2.24) is 9.97 Å². The van der Waals surface area contributed by atoms with Gasteiger partial charge < -0.3 is 16.0 Å². The van der Waals surface area contributed by atoms with Gasteiger partial charge in [0, 0.05) is 27.6 Å². The first-order valence-corrected chi connectivity index (χ1v) is 11.1. The normalized spacial score (nSPS) is 12.3. The molecule has 0 saturated carbocycles. The highest BCUT2D eigenvalue weighted by molar-refractivity contribution is 6.33. The quantitative estimate of drug-likeness (QED) is 0.303. The number of carbonyl (C=O) groups is 1. The molecule has 6 bridgehead atoms. The molecule has 1 aromatic heterocycles. The molecule has 3 N–H and O–H groups in total. The SMILES string of the molecule is O=C(Nc1ccc2cc1CCc1cccc(c1)Nc1ncc(Cl)c(n1)N2)c1cccc(Cl)c1. The van der Waals surface area contributed by atoms with Gasteiger partial charge in [0.2, 0.25) is 5.95 Å². The molecule has 0 saturated heterocycles. The number of nitrogens with one attached hydrogen (secondary N) is 3. The number of halogens is 2. The minimum atomic E-state index is -0.216. The van der Waals surface area contributed by atoms with Crippen LogP contribution in [0.1, 0.15) is 21.5 Å². The second-order valence-corrected chi connectivity index (χ2v) is 8.52. The Balaban J connectivity index is 1.52. The van der Waals surface area contributed by atoms with Gasteiger partial charge in [0.25, 0.3) is 5.91 Å². The van der Waals surface area contributed by atoms with E-state index in [1.807, 2.05) is 30.3 Å². The second-order valence-electron chi connectivity index (χ2n) is 7.68. The monoisotopic (exact) mass is 475 g/mol. The van der Waals surface area contributed by atoms with Crippen molar-refractivity contribution in [3.05, 3.63) is 99.7 Å². The van der Waals surface area contributed by atoms with Crippen molar-refractivity contribution < 1.29 is 4.79 Å². The molecule has 0 radical (unpaired) electrons. The van der Waals surface area contributed by atoms with Crippen LogP contribution >= 0.6 is 23.2 Å². The molecule has 2 heterocycles. The molecule has 8 heteroatoms. The largest absolute Gasteiger partial charge is 0.339 e. The summed E-state index contributed by atoms with van der Waals surface area (Å²) in [6.07, 6.45) is 3.07. The first-order chi connectivity index (χ1) is 16.0. The lowest BCUT2D eigenvalue weighted by Gasteiger charge is -2.15. The number of aryl methyl sites for hydroxylation is 2. The zero-order chi connectivity index (χ0) is 22.8. The predicted octanol–water partition coefficient (Wildman–Crippen LogP) is 6.62. The first-order valence-electron chi connectivity index (χ1n) is 10.4. The summed E-state index contributed by atoms with van der Waals surface area (Å²) in [5, 5.41) is 10.4. The van der Waals surface area contributed by atoms with Gasteiger partial charge in [-0.25, -0.2) is 4.98 Å². The minimum Gasteiger partial charge on any atom is -0.339 e. The van der Waals surface area contributed by atoms with Gasteiger partial charge >= 0.3 is 0 Å². The first kappa shape index (κ1) is 21.2. The summed E-state index contributed by atoms with van der Waals surface area (Å²) in [6.45, 7) is 0. The van der Waals surface area contributed by atoms with Crippen LogP contribution < -0.4 is 16.0 Å². The van der Waals surface area contributed by atoms with E-state index in [0.29, 0.717) is 27.4 Å². The number of hydrogen-bond donors (Lipinski definition) is 3. The Labute approximate surface area is 201 Å². The summed E-state index contributed by atoms with van der Waals surface area (Å²) < 4.78 is 0. The molecule has 1 amide bonds. The molecule has 6 nitrogen and oxygen atoms in total. The molecule has 4 aromatic rings. The van der Waals surface area contributed by atoms with Gasteiger partial charge in [0.15, 0.2) is 5.82 Å². The summed E-state index contributed by atoms with van der Waals surface area (Å²) >= 11 is 12.4. The van der Waals surface area contributed by atoms with Crippen molar-refractivity contribution in [1.29, 1.82) is 0 Å². The van der Waals surface area contributed by atoms with Crippen LogP contribution in [0.5, 0.6) is 0 Å². The van der Waals surface area contributed by atoms with Crippen molar-refractivity contribution in [2.75, 3.05) is 16.0 Å². The molecule has 0 aliphatic carbocycles. The molecule has 0 spiro atoms. The minimum absolute atomic E-state index is 0.216. The van der Waals surface area contributed by atoms with Crippen molar-refractivity contribution >= 4 is 57.9 Å². The summed E-state index contributed by atoms with van der Waals surface area (Å²) in [6, 6.07) is 20.7. The zero-order valence-corrected chi connectivity index (χ0v) is 18.9. The molecule has 1 aliphatic rings. The van der Waals surface area contributed by atoms with E-state index in [-0.39, 0.29) is 5.91 Å². The summed E-state index contributed by atoms with van der Waals surface area (Å²) in [5.41, 5.74) is 5.08. The Morgan fingerprint density at radius 2 is 1.76 bits per heavy atom. The lowest BCUT2D eigenvalue weighted by atomic mass is 10.0. The van der Waals surface area contributed by atoms with E-state index in [2.05, 4.69) is 38.1 Å². The van der Waals surface area contributed by atoms with Gasteiger partial charge in [0.1, 0.15) is 5.02 Å². The van der Waals surface area contributed by atoms with E-state index in [1.54, 1.807) is 30.5 Å². The highest BCUT2D eigenvalue weighted by Crippen LogP contribution is 2.29. The number of rotatable bonds is 2.